The van der Waals surface area contributed by atoms with Crippen LogP contribution < -0.4 is 0 Å². The lowest BCUT2D eigenvalue weighted by molar-refractivity contribution is -0.127. The number of amides is 1. The Kier molecular flexibility index (Phi) is 5.91. The first-order valence-electron chi connectivity index (χ1n) is 8.44. The molecule has 0 bridgehead atoms. The molecule has 27 heavy (non-hydrogen) atoms. The van der Waals surface area contributed by atoms with E-state index in [1.165, 1.54) is 22.7 Å². The van der Waals surface area contributed by atoms with Gasteiger partial charge in [0.05, 0.1) is 5.75 Å². The first-order valence-corrected chi connectivity index (χ1v) is 9.43. The van der Waals surface area contributed by atoms with Gasteiger partial charge < -0.3 is 9.32 Å². The second-order valence-corrected chi connectivity index (χ2v) is 7.31. The summed E-state index contributed by atoms with van der Waals surface area (Å²) in [6, 6.07) is 12.4. The van der Waals surface area contributed by atoms with Crippen LogP contribution in [0.5, 0.6) is 0 Å². The number of aromatic nitrogens is 2. The smallest absolute Gasteiger partial charge is 0.277 e. The average Bonchev–Trinajstić information content (AvgIpc) is 3.10. The molecule has 7 heteroatoms. The van der Waals surface area contributed by atoms with Gasteiger partial charge in [0.25, 0.3) is 5.22 Å². The number of rotatable bonds is 6. The summed E-state index contributed by atoms with van der Waals surface area (Å²) in [5.74, 6) is 0.102. The number of hydrogen-bond acceptors (Lipinski definition) is 5. The number of benzene rings is 2. The Morgan fingerprint density at radius 3 is 2.56 bits per heavy atom. The van der Waals surface area contributed by atoms with Gasteiger partial charge in [-0.1, -0.05) is 47.2 Å². The van der Waals surface area contributed by atoms with Crippen molar-refractivity contribution in [1.82, 2.24) is 15.1 Å². The largest absolute Gasteiger partial charge is 0.411 e. The van der Waals surface area contributed by atoms with E-state index in [0.717, 1.165) is 16.7 Å². The number of aryl methyl sites for hydroxylation is 2. The molecule has 0 aliphatic heterocycles. The van der Waals surface area contributed by atoms with Crippen LogP contribution in [0.1, 0.15) is 16.7 Å². The lowest BCUT2D eigenvalue weighted by atomic mass is 10.1. The zero-order chi connectivity index (χ0) is 19.4. The Hall–Kier alpha value is -2.67. The first kappa shape index (κ1) is 19.1. The SMILES string of the molecule is Cc1cc(C)cc(-c2nnc(SCC(=O)N(C)Cc3ccccc3F)o2)c1. The van der Waals surface area contributed by atoms with E-state index in [2.05, 4.69) is 16.3 Å². The molecule has 140 valence electrons. The second-order valence-electron chi connectivity index (χ2n) is 6.38. The highest BCUT2D eigenvalue weighted by molar-refractivity contribution is 7.99. The van der Waals surface area contributed by atoms with E-state index in [-0.39, 0.29) is 24.0 Å². The maximum Gasteiger partial charge on any atom is 0.277 e. The molecule has 0 aliphatic rings. The summed E-state index contributed by atoms with van der Waals surface area (Å²) >= 11 is 1.17. The van der Waals surface area contributed by atoms with Crippen LogP contribution in [0.15, 0.2) is 52.1 Å². The van der Waals surface area contributed by atoms with E-state index in [1.54, 1.807) is 25.2 Å². The molecule has 0 saturated heterocycles. The third-order valence-corrected chi connectivity index (χ3v) is 4.79. The standard InChI is InChI=1S/C20H20FN3O2S/c1-13-8-14(2)10-16(9-13)19-22-23-20(26-19)27-12-18(25)24(3)11-15-6-4-5-7-17(15)21/h4-10H,11-12H2,1-3H3. The van der Waals surface area contributed by atoms with Gasteiger partial charge in [-0.15, -0.1) is 10.2 Å². The molecule has 0 saturated carbocycles. The molecule has 1 aromatic heterocycles. The quantitative estimate of drug-likeness (QED) is 0.594. The van der Waals surface area contributed by atoms with Crippen molar-refractivity contribution in [3.63, 3.8) is 0 Å². The Morgan fingerprint density at radius 2 is 1.85 bits per heavy atom. The number of nitrogens with zero attached hydrogens (tertiary/aromatic N) is 3. The highest BCUT2D eigenvalue weighted by atomic mass is 32.2. The number of carbonyl (C=O) groups is 1. The lowest BCUT2D eigenvalue weighted by Gasteiger charge is -2.16. The monoisotopic (exact) mass is 385 g/mol. The van der Waals surface area contributed by atoms with E-state index in [4.69, 9.17) is 4.42 Å². The van der Waals surface area contributed by atoms with Crippen molar-refractivity contribution in [2.75, 3.05) is 12.8 Å². The van der Waals surface area contributed by atoms with Gasteiger partial charge >= 0.3 is 0 Å². The maximum atomic E-state index is 13.7. The molecule has 0 atom stereocenters. The summed E-state index contributed by atoms with van der Waals surface area (Å²) in [6.45, 7) is 4.23. The zero-order valence-corrected chi connectivity index (χ0v) is 16.2. The topological polar surface area (TPSA) is 59.2 Å². The van der Waals surface area contributed by atoms with Crippen LogP contribution in [0, 0.1) is 19.7 Å². The molecule has 1 amide bonds. The second kappa shape index (κ2) is 8.35. The fraction of sp³-hybridized carbons (Fsp3) is 0.250. The molecule has 1 heterocycles. The average molecular weight is 385 g/mol. The molecule has 3 rings (SSSR count). The number of carbonyl (C=O) groups excluding carboxylic acids is 1. The van der Waals surface area contributed by atoms with E-state index in [9.17, 15) is 9.18 Å². The van der Waals surface area contributed by atoms with Gasteiger partial charge in [-0.2, -0.15) is 0 Å². The Balaban J connectivity index is 1.59. The minimum Gasteiger partial charge on any atom is -0.411 e. The summed E-state index contributed by atoms with van der Waals surface area (Å²) in [7, 11) is 1.64. The highest BCUT2D eigenvalue weighted by Gasteiger charge is 2.15. The molecule has 0 spiro atoms. The van der Waals surface area contributed by atoms with Gasteiger partial charge in [0, 0.05) is 24.7 Å². The Morgan fingerprint density at radius 1 is 1.15 bits per heavy atom. The van der Waals surface area contributed by atoms with E-state index >= 15 is 0 Å². The van der Waals surface area contributed by atoms with Gasteiger partial charge in [0.1, 0.15) is 5.82 Å². The molecular weight excluding hydrogens is 365 g/mol. The van der Waals surface area contributed by atoms with E-state index in [1.807, 2.05) is 26.0 Å². The van der Waals surface area contributed by atoms with E-state index < -0.39 is 0 Å². The molecule has 5 nitrogen and oxygen atoms in total. The summed E-state index contributed by atoms with van der Waals surface area (Å²) in [6.07, 6.45) is 0. The third-order valence-electron chi connectivity index (χ3n) is 3.99. The molecule has 0 radical (unpaired) electrons. The predicted molar refractivity (Wildman–Crippen MR) is 103 cm³/mol. The van der Waals surface area contributed by atoms with Gasteiger partial charge in [0.2, 0.25) is 11.8 Å². The minimum absolute atomic E-state index is 0.138. The van der Waals surface area contributed by atoms with Gasteiger partial charge in [0.15, 0.2) is 0 Å². The number of halogens is 1. The van der Waals surface area contributed by atoms with Crippen LogP contribution in [0.25, 0.3) is 11.5 Å². The number of hydrogen-bond donors (Lipinski definition) is 0. The molecule has 0 unspecified atom stereocenters. The predicted octanol–water partition coefficient (Wildman–Crippen LogP) is 4.24. The minimum atomic E-state index is -0.320. The highest BCUT2D eigenvalue weighted by Crippen LogP contribution is 2.25. The van der Waals surface area contributed by atoms with Crippen molar-refractivity contribution < 1.29 is 13.6 Å². The van der Waals surface area contributed by atoms with Crippen LogP contribution in [0.4, 0.5) is 4.39 Å². The summed E-state index contributed by atoms with van der Waals surface area (Å²) in [4.78, 5) is 13.8. The van der Waals surface area contributed by atoms with Gasteiger partial charge in [-0.25, -0.2) is 4.39 Å². The molecule has 0 N–H and O–H groups in total. The van der Waals surface area contributed by atoms with Gasteiger partial charge in [-0.05, 0) is 32.0 Å². The van der Waals surface area contributed by atoms with E-state index in [0.29, 0.717) is 16.7 Å². The Labute approximate surface area is 161 Å². The molecule has 3 aromatic rings. The van der Waals surface area contributed by atoms with Crippen LogP contribution in [-0.4, -0.2) is 33.8 Å². The zero-order valence-electron chi connectivity index (χ0n) is 15.4. The molecular formula is C20H20FN3O2S. The summed E-state index contributed by atoms with van der Waals surface area (Å²) in [5.41, 5.74) is 3.56. The fourth-order valence-corrected chi connectivity index (χ4v) is 3.39. The van der Waals surface area contributed by atoms with Crippen molar-refractivity contribution in [3.8, 4) is 11.5 Å². The van der Waals surface area contributed by atoms with Gasteiger partial charge in [-0.3, -0.25) is 4.79 Å². The lowest BCUT2D eigenvalue weighted by Crippen LogP contribution is -2.28. The molecule has 0 fully saturated rings. The summed E-state index contributed by atoms with van der Waals surface area (Å²) in [5, 5.41) is 8.39. The van der Waals surface area contributed by atoms with Crippen LogP contribution in [0.2, 0.25) is 0 Å². The van der Waals surface area contributed by atoms with Crippen molar-refractivity contribution >= 4 is 17.7 Å². The van der Waals surface area contributed by atoms with Crippen LogP contribution in [-0.2, 0) is 11.3 Å². The molecule has 2 aromatic carbocycles. The van der Waals surface area contributed by atoms with Crippen LogP contribution in [0.3, 0.4) is 0 Å². The van der Waals surface area contributed by atoms with Crippen molar-refractivity contribution in [1.29, 1.82) is 0 Å². The van der Waals surface area contributed by atoms with Crippen molar-refractivity contribution in [2.45, 2.75) is 25.6 Å². The fourth-order valence-electron chi connectivity index (χ4n) is 2.69. The van der Waals surface area contributed by atoms with Crippen LogP contribution >= 0.6 is 11.8 Å². The Bertz CT molecular complexity index is 938. The maximum absolute atomic E-state index is 13.7. The normalized spacial score (nSPS) is 10.8. The third kappa shape index (κ3) is 4.95. The van der Waals surface area contributed by atoms with Crippen molar-refractivity contribution in [3.05, 3.63) is 65.0 Å². The van der Waals surface area contributed by atoms with Crippen molar-refractivity contribution in [2.24, 2.45) is 0 Å². The molecule has 0 aliphatic carbocycles. The first-order chi connectivity index (χ1) is 12.9. The number of thioether (sulfide) groups is 1. The summed E-state index contributed by atoms with van der Waals surface area (Å²) < 4.78 is 19.4.